The summed E-state index contributed by atoms with van der Waals surface area (Å²) in [6, 6.07) is 0. The van der Waals surface area contributed by atoms with Gasteiger partial charge in [-0.25, -0.2) is 0 Å². The largest absolute Gasteiger partial charge is 0.378 e. The number of hydrogen-bond acceptors (Lipinski definition) is 4. The number of rotatable bonds is 1. The van der Waals surface area contributed by atoms with Gasteiger partial charge >= 0.3 is 0 Å². The summed E-state index contributed by atoms with van der Waals surface area (Å²) in [5.41, 5.74) is 0.768. The zero-order valence-corrected chi connectivity index (χ0v) is 8.83. The smallest absolute Gasteiger partial charge is 0.140 e. The third-order valence-corrected chi connectivity index (χ3v) is 2.59. The average molecular weight is 212 g/mol. The van der Waals surface area contributed by atoms with Crippen LogP contribution < -0.4 is 0 Å². The summed E-state index contributed by atoms with van der Waals surface area (Å²) >= 11 is 5.31. The van der Waals surface area contributed by atoms with Crippen LogP contribution in [0.15, 0.2) is 6.20 Å². The molecule has 2 rings (SSSR count). The minimum Gasteiger partial charge on any atom is -0.378 e. The van der Waals surface area contributed by atoms with Crippen molar-refractivity contribution in [2.45, 2.75) is 0 Å². The van der Waals surface area contributed by atoms with Crippen LogP contribution in [0.5, 0.6) is 0 Å². The first-order valence-corrected chi connectivity index (χ1v) is 4.91. The number of thiocarbonyl (C=S) groups is 1. The fourth-order valence-corrected chi connectivity index (χ4v) is 1.65. The van der Waals surface area contributed by atoms with Crippen LogP contribution in [-0.4, -0.2) is 51.2 Å². The van der Waals surface area contributed by atoms with Crippen molar-refractivity contribution < 1.29 is 4.74 Å². The Morgan fingerprint density at radius 3 is 2.79 bits per heavy atom. The van der Waals surface area contributed by atoms with Gasteiger partial charge < -0.3 is 9.64 Å². The van der Waals surface area contributed by atoms with Crippen molar-refractivity contribution in [1.82, 2.24) is 19.9 Å². The molecule has 2 heterocycles. The molecule has 1 fully saturated rings. The lowest BCUT2D eigenvalue weighted by Gasteiger charge is -2.27. The van der Waals surface area contributed by atoms with Gasteiger partial charge in [0.15, 0.2) is 0 Å². The number of nitrogens with zero attached hydrogens (tertiary/aromatic N) is 4. The number of morpholine rings is 1. The van der Waals surface area contributed by atoms with Crippen molar-refractivity contribution in [3.05, 3.63) is 11.9 Å². The molecule has 76 valence electrons. The average Bonchev–Trinajstić information content (AvgIpc) is 2.65. The highest BCUT2D eigenvalue weighted by Gasteiger charge is 2.16. The zero-order chi connectivity index (χ0) is 9.97. The molecular formula is C8H12N4OS. The van der Waals surface area contributed by atoms with E-state index in [-0.39, 0.29) is 0 Å². The van der Waals surface area contributed by atoms with E-state index in [1.807, 2.05) is 13.2 Å². The summed E-state index contributed by atoms with van der Waals surface area (Å²) in [6.45, 7) is 3.16. The van der Waals surface area contributed by atoms with Crippen LogP contribution >= 0.6 is 12.2 Å². The quantitative estimate of drug-likeness (QED) is 0.604. The molecule has 1 aromatic rings. The van der Waals surface area contributed by atoms with Gasteiger partial charge in [0.1, 0.15) is 10.7 Å². The number of ether oxygens (including phenoxy) is 1. The van der Waals surface area contributed by atoms with E-state index in [4.69, 9.17) is 17.0 Å². The van der Waals surface area contributed by atoms with Gasteiger partial charge in [0, 0.05) is 20.1 Å². The van der Waals surface area contributed by atoms with E-state index >= 15 is 0 Å². The second kappa shape index (κ2) is 4.02. The van der Waals surface area contributed by atoms with Crippen LogP contribution in [0.1, 0.15) is 5.69 Å². The van der Waals surface area contributed by atoms with Crippen LogP contribution in [0, 0.1) is 0 Å². The van der Waals surface area contributed by atoms with Gasteiger partial charge in [-0.05, 0) is 0 Å². The number of hydrogen-bond donors (Lipinski definition) is 0. The molecule has 0 spiro atoms. The molecule has 0 bridgehead atoms. The Balaban J connectivity index is 2.07. The highest BCUT2D eigenvalue weighted by atomic mass is 32.1. The molecule has 1 saturated heterocycles. The van der Waals surface area contributed by atoms with Gasteiger partial charge in [0.25, 0.3) is 0 Å². The standard InChI is InChI=1S/C8H12N4OS/c1-11-6-7(9-10-11)8(14)12-2-4-13-5-3-12/h6H,2-5H2,1H3. The molecule has 5 nitrogen and oxygen atoms in total. The van der Waals surface area contributed by atoms with Gasteiger partial charge in [0.2, 0.25) is 0 Å². The summed E-state index contributed by atoms with van der Waals surface area (Å²) < 4.78 is 6.90. The molecule has 0 aromatic carbocycles. The predicted molar refractivity (Wildman–Crippen MR) is 55.1 cm³/mol. The molecule has 0 atom stereocenters. The lowest BCUT2D eigenvalue weighted by molar-refractivity contribution is 0.0692. The van der Waals surface area contributed by atoms with Gasteiger partial charge in [-0.1, -0.05) is 17.4 Å². The van der Waals surface area contributed by atoms with E-state index in [1.165, 1.54) is 0 Å². The monoisotopic (exact) mass is 212 g/mol. The highest BCUT2D eigenvalue weighted by molar-refractivity contribution is 7.80. The van der Waals surface area contributed by atoms with Gasteiger partial charge in [-0.15, -0.1) is 5.10 Å². The maximum atomic E-state index is 5.31. The highest BCUT2D eigenvalue weighted by Crippen LogP contribution is 2.05. The third-order valence-electron chi connectivity index (χ3n) is 2.12. The summed E-state index contributed by atoms with van der Waals surface area (Å²) in [4.78, 5) is 2.87. The second-order valence-electron chi connectivity index (χ2n) is 3.18. The molecule has 14 heavy (non-hydrogen) atoms. The molecule has 1 aliphatic rings. The molecule has 0 amide bonds. The molecular weight excluding hydrogens is 200 g/mol. The van der Waals surface area contributed by atoms with Crippen LogP contribution in [0.2, 0.25) is 0 Å². The van der Waals surface area contributed by atoms with E-state index in [1.54, 1.807) is 4.68 Å². The molecule has 0 saturated carbocycles. The second-order valence-corrected chi connectivity index (χ2v) is 3.57. The van der Waals surface area contributed by atoms with Crippen LogP contribution in [-0.2, 0) is 11.8 Å². The van der Waals surface area contributed by atoms with Crippen LogP contribution in [0.3, 0.4) is 0 Å². The molecule has 0 aliphatic carbocycles. The van der Waals surface area contributed by atoms with Crippen molar-refractivity contribution in [2.75, 3.05) is 26.3 Å². The van der Waals surface area contributed by atoms with Crippen LogP contribution in [0.25, 0.3) is 0 Å². The Kier molecular flexibility index (Phi) is 2.74. The minimum absolute atomic E-state index is 0.737. The summed E-state index contributed by atoms with van der Waals surface area (Å²) in [5.74, 6) is 0. The SMILES string of the molecule is Cn1cc(C(=S)N2CCOCC2)nn1. The lowest BCUT2D eigenvalue weighted by atomic mass is 10.3. The topological polar surface area (TPSA) is 43.2 Å². The maximum Gasteiger partial charge on any atom is 0.140 e. The van der Waals surface area contributed by atoms with E-state index in [0.717, 1.165) is 37.0 Å². The van der Waals surface area contributed by atoms with Gasteiger partial charge in [0.05, 0.1) is 19.4 Å². The van der Waals surface area contributed by atoms with Crippen molar-refractivity contribution >= 4 is 17.2 Å². The summed E-state index contributed by atoms with van der Waals surface area (Å²) in [5, 5.41) is 7.83. The van der Waals surface area contributed by atoms with Crippen molar-refractivity contribution in [3.8, 4) is 0 Å². The summed E-state index contributed by atoms with van der Waals surface area (Å²) in [7, 11) is 1.83. The lowest BCUT2D eigenvalue weighted by Crippen LogP contribution is -2.40. The van der Waals surface area contributed by atoms with E-state index in [2.05, 4.69) is 15.2 Å². The molecule has 0 radical (unpaired) electrons. The van der Waals surface area contributed by atoms with Gasteiger partial charge in [-0.3, -0.25) is 4.68 Å². The van der Waals surface area contributed by atoms with Crippen molar-refractivity contribution in [3.63, 3.8) is 0 Å². The first-order valence-electron chi connectivity index (χ1n) is 4.51. The normalized spacial score (nSPS) is 17.1. The Morgan fingerprint density at radius 1 is 1.50 bits per heavy atom. The zero-order valence-electron chi connectivity index (χ0n) is 8.01. The summed E-state index contributed by atoms with van der Waals surface area (Å²) in [6.07, 6.45) is 1.83. The number of aromatic nitrogens is 3. The fraction of sp³-hybridized carbons (Fsp3) is 0.625. The maximum absolute atomic E-state index is 5.31. The molecule has 6 heteroatoms. The Labute approximate surface area is 87.6 Å². The predicted octanol–water partition coefficient (Wildman–Crippen LogP) is -0.177. The Bertz CT molecular complexity index is 332. The first kappa shape index (κ1) is 9.54. The molecule has 1 aromatic heterocycles. The van der Waals surface area contributed by atoms with E-state index in [9.17, 15) is 0 Å². The molecule has 1 aliphatic heterocycles. The third kappa shape index (κ3) is 1.91. The van der Waals surface area contributed by atoms with Crippen molar-refractivity contribution in [1.29, 1.82) is 0 Å². The van der Waals surface area contributed by atoms with E-state index in [0.29, 0.717) is 0 Å². The van der Waals surface area contributed by atoms with E-state index < -0.39 is 0 Å². The molecule has 0 unspecified atom stereocenters. The Morgan fingerprint density at radius 2 is 2.21 bits per heavy atom. The molecule has 0 N–H and O–H groups in total. The first-order chi connectivity index (χ1) is 6.77. The minimum atomic E-state index is 0.737. The van der Waals surface area contributed by atoms with Crippen molar-refractivity contribution in [2.24, 2.45) is 7.05 Å². The van der Waals surface area contributed by atoms with Crippen LogP contribution in [0.4, 0.5) is 0 Å². The van der Waals surface area contributed by atoms with Gasteiger partial charge in [-0.2, -0.15) is 0 Å². The fourth-order valence-electron chi connectivity index (χ4n) is 1.37. The number of aryl methyl sites for hydroxylation is 1. The Hall–Kier alpha value is -1.01.